The Morgan fingerprint density at radius 3 is 2.09 bits per heavy atom. The van der Waals surface area contributed by atoms with Gasteiger partial charge in [-0.25, -0.2) is 4.57 Å². The molecule has 3 aromatic rings. The first-order valence-electron chi connectivity index (χ1n) is 12.4. The van der Waals surface area contributed by atoms with Crippen molar-refractivity contribution in [1.82, 2.24) is 0 Å². The highest BCUT2D eigenvalue weighted by Crippen LogP contribution is 2.50. The first-order valence-corrected chi connectivity index (χ1v) is 13.9. The van der Waals surface area contributed by atoms with Crippen LogP contribution in [0.3, 0.4) is 0 Å². The molecule has 1 aliphatic rings. The van der Waals surface area contributed by atoms with E-state index in [-0.39, 0.29) is 5.56 Å². The van der Waals surface area contributed by atoms with Crippen molar-refractivity contribution in [2.75, 3.05) is 0 Å². The number of phenols is 4. The van der Waals surface area contributed by atoms with Gasteiger partial charge in [0.1, 0.15) is 53.0 Å². The van der Waals surface area contributed by atoms with Gasteiger partial charge in [-0.2, -0.15) is 0 Å². The molecule has 4 rings (SSSR count). The summed E-state index contributed by atoms with van der Waals surface area (Å²) in [5.74, 6) is -7.35. The normalized spacial score (nSPS) is 24.8. The summed E-state index contributed by atoms with van der Waals surface area (Å²) in [5.41, 5.74) is -2.05. The van der Waals surface area contributed by atoms with Gasteiger partial charge in [0.05, 0.1) is 12.8 Å². The molecule has 0 amide bonds. The van der Waals surface area contributed by atoms with Crippen LogP contribution < -0.4 is 9.95 Å². The average Bonchev–Trinajstić information content (AvgIpc) is 2.93. The highest BCUT2D eigenvalue weighted by atomic mass is 31.2. The third-order valence-electron chi connectivity index (χ3n) is 6.47. The Balaban J connectivity index is 1.77. The number of phosphoric ester groups is 1. The lowest BCUT2D eigenvalue weighted by Gasteiger charge is -2.43. The fourth-order valence-electron chi connectivity index (χ4n) is 4.36. The van der Waals surface area contributed by atoms with Gasteiger partial charge >= 0.3 is 19.8 Å². The van der Waals surface area contributed by atoms with E-state index in [1.54, 1.807) is 0 Å². The van der Waals surface area contributed by atoms with Gasteiger partial charge in [0.25, 0.3) is 0 Å². The number of hydrogen-bond donors (Lipinski definition) is 10. The Hall–Kier alpha value is -4.42. The number of hydrogen-bond acceptors (Lipinski definition) is 16. The highest BCUT2D eigenvalue weighted by Gasteiger charge is 2.54. The quantitative estimate of drug-likeness (QED) is 0.0788. The van der Waals surface area contributed by atoms with Crippen LogP contribution in [0.25, 0.3) is 22.3 Å². The molecular formula is C25H25O18P. The van der Waals surface area contributed by atoms with Crippen LogP contribution in [0.4, 0.5) is 0 Å². The summed E-state index contributed by atoms with van der Waals surface area (Å²) in [6.45, 7) is 0. The molecule has 44 heavy (non-hydrogen) atoms. The van der Waals surface area contributed by atoms with E-state index in [0.717, 1.165) is 30.3 Å². The van der Waals surface area contributed by atoms with Gasteiger partial charge in [0.2, 0.25) is 11.2 Å². The van der Waals surface area contributed by atoms with Crippen LogP contribution in [-0.2, 0) is 23.4 Å². The number of ether oxygens (including phenoxy) is 1. The van der Waals surface area contributed by atoms with Gasteiger partial charge in [-0.15, -0.1) is 0 Å². The van der Waals surface area contributed by atoms with Crippen LogP contribution in [0.5, 0.6) is 28.7 Å². The number of fused-ring (bicyclic) bond motifs is 1. The van der Waals surface area contributed by atoms with Crippen molar-refractivity contribution < 1.29 is 83.2 Å². The number of esters is 1. The molecule has 10 N–H and O–H groups in total. The maximum Gasteiger partial charge on any atom is 0.528 e. The summed E-state index contributed by atoms with van der Waals surface area (Å²) in [6, 6.07) is 4.51. The number of aliphatic hydroxyl groups excluding tert-OH is 4. The zero-order valence-corrected chi connectivity index (χ0v) is 22.8. The van der Waals surface area contributed by atoms with Crippen LogP contribution in [-0.4, -0.2) is 99.4 Å². The minimum absolute atomic E-state index is 0.256. The van der Waals surface area contributed by atoms with Gasteiger partial charge in [0, 0.05) is 17.7 Å². The zero-order chi connectivity index (χ0) is 32.7. The monoisotopic (exact) mass is 644 g/mol. The van der Waals surface area contributed by atoms with Crippen LogP contribution in [0.15, 0.2) is 39.5 Å². The van der Waals surface area contributed by atoms with Crippen LogP contribution in [0.2, 0.25) is 0 Å². The van der Waals surface area contributed by atoms with Crippen LogP contribution in [0, 0.1) is 0 Å². The minimum atomic E-state index is -5.76. The number of aromatic hydroxyl groups is 4. The SMILES string of the molecule is O=C(O)CCC(=O)O[C@@H]1[C@@H](O)[C@H](O)[C@@H](O)[C@H](O)[C@@H]1OP(=O)(O)Oc1c(-c2ccc(O)c(O)c2)oc2cc(O)cc(O)c2c1=O. The van der Waals surface area contributed by atoms with Gasteiger partial charge in [-0.3, -0.25) is 23.8 Å². The van der Waals surface area contributed by atoms with Crippen molar-refractivity contribution in [2.24, 2.45) is 0 Å². The fourth-order valence-corrected chi connectivity index (χ4v) is 5.35. The topological polar surface area (TPSA) is 311 Å². The van der Waals surface area contributed by atoms with Gasteiger partial charge in [-0.05, 0) is 18.2 Å². The molecule has 1 fully saturated rings. The second-order valence-electron chi connectivity index (χ2n) is 9.57. The Kier molecular flexibility index (Phi) is 9.08. The van der Waals surface area contributed by atoms with E-state index < -0.39 is 120 Å². The maximum atomic E-state index is 13.4. The average molecular weight is 644 g/mol. The van der Waals surface area contributed by atoms with Crippen molar-refractivity contribution in [2.45, 2.75) is 49.5 Å². The third-order valence-corrected chi connectivity index (χ3v) is 7.40. The van der Waals surface area contributed by atoms with Gasteiger partial charge in [-0.1, -0.05) is 0 Å². The number of carboxylic acid groups (broad SMARTS) is 1. The second-order valence-corrected chi connectivity index (χ2v) is 10.9. The number of carbonyl (C=O) groups is 2. The zero-order valence-electron chi connectivity index (χ0n) is 22.0. The Labute approximate surface area is 244 Å². The van der Waals surface area contributed by atoms with E-state index in [4.69, 9.17) is 23.3 Å². The number of phenolic OH excluding ortho intramolecular Hbond substituents is 4. The first kappa shape index (κ1) is 32.5. The molecule has 2 aromatic carbocycles. The number of rotatable bonds is 9. The van der Waals surface area contributed by atoms with E-state index in [2.05, 4.69) is 0 Å². The molecule has 1 saturated carbocycles. The number of aliphatic carboxylic acids is 1. The van der Waals surface area contributed by atoms with E-state index >= 15 is 0 Å². The molecule has 0 spiro atoms. The molecule has 1 unspecified atom stereocenters. The molecule has 0 bridgehead atoms. The molecule has 0 radical (unpaired) electrons. The molecule has 7 atom stereocenters. The van der Waals surface area contributed by atoms with Crippen molar-refractivity contribution in [1.29, 1.82) is 0 Å². The highest BCUT2D eigenvalue weighted by molar-refractivity contribution is 7.47. The summed E-state index contributed by atoms with van der Waals surface area (Å²) < 4.78 is 33.6. The van der Waals surface area contributed by atoms with Crippen LogP contribution in [0.1, 0.15) is 12.8 Å². The Morgan fingerprint density at radius 2 is 1.48 bits per heavy atom. The Bertz CT molecular complexity index is 1700. The minimum Gasteiger partial charge on any atom is -0.508 e. The van der Waals surface area contributed by atoms with Crippen molar-refractivity contribution in [3.05, 3.63) is 40.6 Å². The summed E-state index contributed by atoms with van der Waals surface area (Å²) in [7, 11) is -5.76. The lowest BCUT2D eigenvalue weighted by molar-refractivity contribution is -0.230. The molecule has 238 valence electrons. The van der Waals surface area contributed by atoms with Crippen LogP contribution >= 0.6 is 7.82 Å². The second kappa shape index (κ2) is 12.3. The number of phosphoric acid groups is 1. The van der Waals surface area contributed by atoms with E-state index in [0.29, 0.717) is 0 Å². The smallest absolute Gasteiger partial charge is 0.508 e. The fraction of sp³-hybridized carbons (Fsp3) is 0.320. The van der Waals surface area contributed by atoms with Gasteiger partial charge in [0.15, 0.2) is 23.4 Å². The van der Waals surface area contributed by atoms with E-state index in [1.807, 2.05) is 0 Å². The summed E-state index contributed by atoms with van der Waals surface area (Å²) in [5, 5.41) is 88.9. The lowest BCUT2D eigenvalue weighted by Crippen LogP contribution is -2.65. The van der Waals surface area contributed by atoms with Gasteiger partial charge < -0.3 is 59.6 Å². The Morgan fingerprint density at radius 1 is 0.841 bits per heavy atom. The first-order chi connectivity index (χ1) is 20.5. The molecular weight excluding hydrogens is 619 g/mol. The third kappa shape index (κ3) is 6.56. The number of benzene rings is 2. The molecule has 1 aromatic heterocycles. The predicted octanol–water partition coefficient (Wildman–Crippen LogP) is -0.619. The number of aliphatic hydroxyl groups is 4. The molecule has 0 aliphatic heterocycles. The summed E-state index contributed by atoms with van der Waals surface area (Å²) in [6.07, 6.45) is -15.1. The van der Waals surface area contributed by atoms with Crippen molar-refractivity contribution >= 4 is 30.7 Å². The summed E-state index contributed by atoms with van der Waals surface area (Å²) in [4.78, 5) is 47.0. The number of carbonyl (C=O) groups excluding carboxylic acids is 1. The van der Waals surface area contributed by atoms with E-state index in [1.165, 1.54) is 0 Å². The van der Waals surface area contributed by atoms with Crippen molar-refractivity contribution in [3.63, 3.8) is 0 Å². The van der Waals surface area contributed by atoms with Crippen molar-refractivity contribution in [3.8, 4) is 40.1 Å². The standard InChI is InChI=1S/C25H25O18P/c26-9-6-12(29)16-13(7-9)40-22(8-1-2-10(27)11(28)5-8)24(17(16)33)42-44(38,39)43-25-21(37)19(35)18(34)20(36)23(25)41-15(32)4-3-14(30)31/h1-2,5-7,18-21,23,25-29,34-37H,3-4H2,(H,30,31)(H,38,39)/t18-,19-,20+,21+,23-,25+/m1/s1. The predicted molar refractivity (Wildman–Crippen MR) is 141 cm³/mol. The molecule has 18 nitrogen and oxygen atoms in total. The van der Waals surface area contributed by atoms with E-state index in [9.17, 15) is 64.7 Å². The lowest BCUT2D eigenvalue weighted by atomic mass is 9.85. The largest absolute Gasteiger partial charge is 0.528 e. The molecule has 1 aliphatic carbocycles. The maximum absolute atomic E-state index is 13.4. The summed E-state index contributed by atoms with van der Waals surface area (Å²) >= 11 is 0. The molecule has 1 heterocycles. The molecule has 19 heteroatoms. The molecule has 0 saturated heterocycles. The number of carboxylic acids is 1.